The fraction of sp³-hybridized carbons (Fsp3) is 0.556. The number of carbonyl (C=O) groups is 2. The van der Waals surface area contributed by atoms with Crippen molar-refractivity contribution in [3.8, 4) is 0 Å². The fourth-order valence-corrected chi connectivity index (χ4v) is 1.55. The molecule has 1 rings (SSSR count). The van der Waals surface area contributed by atoms with Crippen molar-refractivity contribution in [1.29, 1.82) is 0 Å². The van der Waals surface area contributed by atoms with Crippen LogP contribution in [0.15, 0.2) is 24.3 Å². The van der Waals surface area contributed by atoms with E-state index in [1.807, 2.05) is 65.8 Å². The number of hydrogen-bond acceptors (Lipinski definition) is 3. The Hall–Kier alpha value is -1.84. The minimum absolute atomic E-state index is 0.0145. The molecular formula is C18H27NO3. The van der Waals surface area contributed by atoms with Gasteiger partial charge < -0.3 is 10.1 Å². The predicted molar refractivity (Wildman–Crippen MR) is 88.6 cm³/mol. The molecule has 1 aromatic rings. The first-order chi connectivity index (χ1) is 10.00. The van der Waals surface area contributed by atoms with E-state index in [0.29, 0.717) is 13.0 Å². The lowest BCUT2D eigenvalue weighted by Gasteiger charge is -2.18. The van der Waals surface area contributed by atoms with E-state index >= 15 is 0 Å². The molecule has 0 aliphatic heterocycles. The van der Waals surface area contributed by atoms with Gasteiger partial charge in [0.05, 0.1) is 12.0 Å². The molecular weight excluding hydrogens is 278 g/mol. The van der Waals surface area contributed by atoms with Crippen LogP contribution in [-0.2, 0) is 20.7 Å². The topological polar surface area (TPSA) is 55.4 Å². The molecule has 0 fully saturated rings. The van der Waals surface area contributed by atoms with E-state index in [0.717, 1.165) is 11.3 Å². The van der Waals surface area contributed by atoms with Gasteiger partial charge in [-0.3, -0.25) is 9.59 Å². The summed E-state index contributed by atoms with van der Waals surface area (Å²) in [5, 5.41) is 2.88. The maximum Gasteiger partial charge on any atom is 0.311 e. The van der Waals surface area contributed by atoms with Crippen molar-refractivity contribution in [2.24, 2.45) is 10.8 Å². The van der Waals surface area contributed by atoms with Gasteiger partial charge in [-0.05, 0) is 38.5 Å². The molecule has 0 saturated carbocycles. The summed E-state index contributed by atoms with van der Waals surface area (Å²) in [7, 11) is 0. The van der Waals surface area contributed by atoms with Gasteiger partial charge >= 0.3 is 5.97 Å². The summed E-state index contributed by atoms with van der Waals surface area (Å²) in [6, 6.07) is 7.60. The zero-order valence-electron chi connectivity index (χ0n) is 14.4. The van der Waals surface area contributed by atoms with Crippen molar-refractivity contribution >= 4 is 17.6 Å². The number of carbonyl (C=O) groups excluding carboxylic acids is 2. The molecule has 0 aromatic heterocycles. The van der Waals surface area contributed by atoms with Crippen molar-refractivity contribution in [2.75, 3.05) is 11.9 Å². The molecule has 1 N–H and O–H groups in total. The van der Waals surface area contributed by atoms with Crippen LogP contribution in [0.3, 0.4) is 0 Å². The molecule has 4 heteroatoms. The van der Waals surface area contributed by atoms with Gasteiger partial charge in [-0.25, -0.2) is 0 Å². The van der Waals surface area contributed by atoms with E-state index in [2.05, 4.69) is 5.32 Å². The summed E-state index contributed by atoms with van der Waals surface area (Å²) in [5.41, 5.74) is 0.951. The molecule has 0 heterocycles. The van der Waals surface area contributed by atoms with E-state index < -0.39 is 10.8 Å². The van der Waals surface area contributed by atoms with Crippen LogP contribution in [0.2, 0.25) is 0 Å². The SMILES string of the molecule is CC(C)(C)C(=O)Nc1ccc(CCOC(=O)C(C)(C)C)cc1. The monoisotopic (exact) mass is 305 g/mol. The average molecular weight is 305 g/mol. The van der Waals surface area contributed by atoms with Gasteiger partial charge in [0.2, 0.25) is 5.91 Å². The lowest BCUT2D eigenvalue weighted by molar-refractivity contribution is -0.152. The van der Waals surface area contributed by atoms with Crippen molar-refractivity contribution in [2.45, 2.75) is 48.0 Å². The molecule has 4 nitrogen and oxygen atoms in total. The number of hydrogen-bond donors (Lipinski definition) is 1. The minimum Gasteiger partial charge on any atom is -0.465 e. The number of nitrogens with one attached hydrogen (secondary N) is 1. The number of esters is 1. The number of benzene rings is 1. The first-order valence-electron chi connectivity index (χ1n) is 7.58. The highest BCUT2D eigenvalue weighted by Crippen LogP contribution is 2.18. The fourth-order valence-electron chi connectivity index (χ4n) is 1.55. The zero-order chi connectivity index (χ0) is 17.0. The van der Waals surface area contributed by atoms with Crippen molar-refractivity contribution < 1.29 is 14.3 Å². The second-order valence-electron chi connectivity index (χ2n) is 7.54. The van der Waals surface area contributed by atoms with E-state index in [4.69, 9.17) is 4.74 Å². The molecule has 0 radical (unpaired) electrons. The smallest absolute Gasteiger partial charge is 0.311 e. The lowest BCUT2D eigenvalue weighted by Crippen LogP contribution is -2.27. The lowest BCUT2D eigenvalue weighted by atomic mass is 9.95. The highest BCUT2D eigenvalue weighted by atomic mass is 16.5. The van der Waals surface area contributed by atoms with Crippen LogP contribution < -0.4 is 5.32 Å². The summed E-state index contributed by atoms with van der Waals surface area (Å²) in [5.74, 6) is -0.207. The van der Waals surface area contributed by atoms with E-state index in [1.165, 1.54) is 0 Å². The third kappa shape index (κ3) is 5.88. The van der Waals surface area contributed by atoms with Crippen LogP contribution in [0.5, 0.6) is 0 Å². The third-order valence-electron chi connectivity index (χ3n) is 3.13. The Kier molecular flexibility index (Phi) is 5.75. The van der Waals surface area contributed by atoms with E-state index in [9.17, 15) is 9.59 Å². The van der Waals surface area contributed by atoms with Gasteiger partial charge in [0.15, 0.2) is 0 Å². The highest BCUT2D eigenvalue weighted by molar-refractivity contribution is 5.94. The average Bonchev–Trinajstić information content (AvgIpc) is 2.38. The quantitative estimate of drug-likeness (QED) is 0.861. The second-order valence-corrected chi connectivity index (χ2v) is 7.54. The van der Waals surface area contributed by atoms with Crippen molar-refractivity contribution in [3.05, 3.63) is 29.8 Å². The largest absolute Gasteiger partial charge is 0.465 e. The van der Waals surface area contributed by atoms with Crippen molar-refractivity contribution in [3.63, 3.8) is 0 Å². The summed E-state index contributed by atoms with van der Waals surface area (Å²) < 4.78 is 5.24. The van der Waals surface area contributed by atoms with Crippen LogP contribution in [0, 0.1) is 10.8 Å². The third-order valence-corrected chi connectivity index (χ3v) is 3.13. The van der Waals surface area contributed by atoms with Crippen LogP contribution in [-0.4, -0.2) is 18.5 Å². The van der Waals surface area contributed by atoms with Gasteiger partial charge in [-0.2, -0.15) is 0 Å². The summed E-state index contributed by atoms with van der Waals surface area (Å²) in [6.45, 7) is 11.5. The normalized spacial score (nSPS) is 11.9. The van der Waals surface area contributed by atoms with E-state index in [-0.39, 0.29) is 11.9 Å². The summed E-state index contributed by atoms with van der Waals surface area (Å²) in [6.07, 6.45) is 0.662. The van der Waals surface area contributed by atoms with Crippen LogP contribution in [0.25, 0.3) is 0 Å². The number of ether oxygens (including phenoxy) is 1. The van der Waals surface area contributed by atoms with Crippen molar-refractivity contribution in [1.82, 2.24) is 0 Å². The Balaban J connectivity index is 2.49. The Morgan fingerprint density at radius 3 is 1.95 bits per heavy atom. The maximum atomic E-state index is 11.9. The van der Waals surface area contributed by atoms with Crippen LogP contribution in [0.1, 0.15) is 47.1 Å². The molecule has 0 atom stereocenters. The summed E-state index contributed by atoms with van der Waals surface area (Å²) in [4.78, 5) is 23.5. The highest BCUT2D eigenvalue weighted by Gasteiger charge is 2.23. The molecule has 1 aromatic carbocycles. The Bertz CT molecular complexity index is 519. The Morgan fingerprint density at radius 2 is 1.50 bits per heavy atom. The first-order valence-corrected chi connectivity index (χ1v) is 7.58. The van der Waals surface area contributed by atoms with Gasteiger partial charge in [-0.15, -0.1) is 0 Å². The molecule has 0 unspecified atom stereocenters. The molecule has 0 saturated heterocycles. The number of rotatable bonds is 4. The van der Waals surface area contributed by atoms with Gasteiger partial charge in [-0.1, -0.05) is 32.9 Å². The minimum atomic E-state index is -0.471. The standard InChI is InChI=1S/C18H27NO3/c1-17(2,3)15(20)19-14-9-7-13(8-10-14)11-12-22-16(21)18(4,5)6/h7-10H,11-12H2,1-6H3,(H,19,20). The molecule has 22 heavy (non-hydrogen) atoms. The number of anilines is 1. The summed E-state index contributed by atoms with van der Waals surface area (Å²) >= 11 is 0. The zero-order valence-corrected chi connectivity index (χ0v) is 14.4. The maximum absolute atomic E-state index is 11.9. The predicted octanol–water partition coefficient (Wildman–Crippen LogP) is 3.80. The Morgan fingerprint density at radius 1 is 0.955 bits per heavy atom. The molecule has 0 aliphatic rings. The number of amides is 1. The van der Waals surface area contributed by atoms with E-state index in [1.54, 1.807) is 0 Å². The molecule has 1 amide bonds. The second kappa shape index (κ2) is 6.95. The van der Waals surface area contributed by atoms with Gasteiger partial charge in [0, 0.05) is 17.5 Å². The molecule has 0 spiro atoms. The van der Waals surface area contributed by atoms with Gasteiger partial charge in [0.25, 0.3) is 0 Å². The first kappa shape index (κ1) is 18.2. The van der Waals surface area contributed by atoms with Gasteiger partial charge in [0.1, 0.15) is 0 Å². The Labute approximate surface area is 133 Å². The molecule has 122 valence electrons. The van der Waals surface area contributed by atoms with Crippen LogP contribution in [0.4, 0.5) is 5.69 Å². The molecule has 0 aliphatic carbocycles. The molecule has 0 bridgehead atoms. The van der Waals surface area contributed by atoms with Crippen LogP contribution >= 0.6 is 0 Å².